The van der Waals surface area contributed by atoms with Crippen molar-refractivity contribution in [3.63, 3.8) is 0 Å². The van der Waals surface area contributed by atoms with E-state index in [9.17, 15) is 4.79 Å². The fourth-order valence-electron chi connectivity index (χ4n) is 3.77. The van der Waals surface area contributed by atoms with Gasteiger partial charge in [0.25, 0.3) is 5.91 Å². The zero-order chi connectivity index (χ0) is 23.2. The van der Waals surface area contributed by atoms with E-state index < -0.39 is 0 Å². The SMILES string of the molecule is COc1cccc(-c2cncc(C[C@@H](C)c3cccc(NC(=O)c4cccc(C)c4)c3)n2)c1. The van der Waals surface area contributed by atoms with Crippen molar-refractivity contribution < 1.29 is 9.53 Å². The largest absolute Gasteiger partial charge is 0.497 e. The van der Waals surface area contributed by atoms with Crippen molar-refractivity contribution in [2.24, 2.45) is 0 Å². The van der Waals surface area contributed by atoms with Crippen LogP contribution in [0.4, 0.5) is 5.69 Å². The van der Waals surface area contributed by atoms with Gasteiger partial charge in [0.05, 0.1) is 24.7 Å². The van der Waals surface area contributed by atoms with Crippen LogP contribution in [0.5, 0.6) is 5.75 Å². The molecule has 0 radical (unpaired) electrons. The molecule has 0 aliphatic carbocycles. The number of nitrogens with zero attached hydrogens (tertiary/aromatic N) is 2. The normalized spacial score (nSPS) is 11.6. The lowest BCUT2D eigenvalue weighted by atomic mass is 9.95. The Labute approximate surface area is 194 Å². The van der Waals surface area contributed by atoms with Gasteiger partial charge >= 0.3 is 0 Å². The predicted molar refractivity (Wildman–Crippen MR) is 132 cm³/mol. The Morgan fingerprint density at radius 1 is 1.00 bits per heavy atom. The maximum absolute atomic E-state index is 12.6. The van der Waals surface area contributed by atoms with E-state index in [2.05, 4.69) is 23.3 Å². The van der Waals surface area contributed by atoms with Crippen molar-refractivity contribution in [3.8, 4) is 17.0 Å². The van der Waals surface area contributed by atoms with E-state index in [4.69, 9.17) is 9.72 Å². The highest BCUT2D eigenvalue weighted by atomic mass is 16.5. The number of amides is 1. The topological polar surface area (TPSA) is 64.1 Å². The Kier molecular flexibility index (Phi) is 6.79. The van der Waals surface area contributed by atoms with Gasteiger partial charge in [-0.1, -0.05) is 48.9 Å². The van der Waals surface area contributed by atoms with E-state index in [1.807, 2.05) is 79.9 Å². The first-order chi connectivity index (χ1) is 16.0. The minimum atomic E-state index is -0.111. The van der Waals surface area contributed by atoms with Crippen LogP contribution >= 0.6 is 0 Å². The molecule has 166 valence electrons. The van der Waals surface area contributed by atoms with Crippen molar-refractivity contribution in [3.05, 3.63) is 108 Å². The molecule has 0 aliphatic heterocycles. The number of methoxy groups -OCH3 is 1. The molecule has 0 saturated carbocycles. The summed E-state index contributed by atoms with van der Waals surface area (Å²) in [5.74, 6) is 0.883. The zero-order valence-electron chi connectivity index (χ0n) is 19.1. The molecule has 5 heteroatoms. The van der Waals surface area contributed by atoms with E-state index in [0.717, 1.165) is 45.9 Å². The molecule has 0 fully saturated rings. The Morgan fingerprint density at radius 2 is 1.82 bits per heavy atom. The summed E-state index contributed by atoms with van der Waals surface area (Å²) in [7, 11) is 1.65. The number of aryl methyl sites for hydroxylation is 1. The number of rotatable bonds is 7. The van der Waals surface area contributed by atoms with Gasteiger partial charge < -0.3 is 10.1 Å². The Bertz CT molecular complexity index is 1270. The molecule has 5 nitrogen and oxygen atoms in total. The van der Waals surface area contributed by atoms with E-state index in [0.29, 0.717) is 5.56 Å². The quantitative estimate of drug-likeness (QED) is 0.382. The fraction of sp³-hybridized carbons (Fsp3) is 0.179. The van der Waals surface area contributed by atoms with Crippen molar-refractivity contribution in [1.29, 1.82) is 0 Å². The number of carbonyl (C=O) groups is 1. The molecule has 3 aromatic carbocycles. The number of ether oxygens (including phenoxy) is 1. The van der Waals surface area contributed by atoms with Crippen molar-refractivity contribution in [2.75, 3.05) is 12.4 Å². The summed E-state index contributed by atoms with van der Waals surface area (Å²) in [6, 6.07) is 23.4. The molecule has 4 aromatic rings. The minimum Gasteiger partial charge on any atom is -0.497 e. The highest BCUT2D eigenvalue weighted by Gasteiger charge is 2.12. The maximum Gasteiger partial charge on any atom is 0.255 e. The van der Waals surface area contributed by atoms with Crippen LogP contribution in [0.15, 0.2) is 85.2 Å². The van der Waals surface area contributed by atoms with Crippen LogP contribution in [-0.4, -0.2) is 23.0 Å². The highest BCUT2D eigenvalue weighted by molar-refractivity contribution is 6.04. The summed E-state index contributed by atoms with van der Waals surface area (Å²) in [6.45, 7) is 4.13. The second kappa shape index (κ2) is 10.1. The summed E-state index contributed by atoms with van der Waals surface area (Å²) >= 11 is 0. The number of benzene rings is 3. The minimum absolute atomic E-state index is 0.111. The van der Waals surface area contributed by atoms with Crippen LogP contribution in [-0.2, 0) is 6.42 Å². The summed E-state index contributed by atoms with van der Waals surface area (Å²) < 4.78 is 5.32. The summed E-state index contributed by atoms with van der Waals surface area (Å²) in [6.07, 6.45) is 4.31. The molecule has 0 spiro atoms. The number of carbonyl (C=O) groups excluding carboxylic acids is 1. The molecule has 0 unspecified atom stereocenters. The average molecular weight is 438 g/mol. The van der Waals surface area contributed by atoms with Gasteiger partial charge in [-0.05, 0) is 61.2 Å². The lowest BCUT2D eigenvalue weighted by Gasteiger charge is -2.14. The smallest absolute Gasteiger partial charge is 0.255 e. The van der Waals surface area contributed by atoms with Gasteiger partial charge in [-0.3, -0.25) is 9.78 Å². The third-order valence-corrected chi connectivity index (χ3v) is 5.56. The first-order valence-electron chi connectivity index (χ1n) is 10.9. The average Bonchev–Trinajstić information content (AvgIpc) is 2.84. The number of anilines is 1. The van der Waals surface area contributed by atoms with Crippen LogP contribution in [0, 0.1) is 6.92 Å². The molecule has 1 N–H and O–H groups in total. The molecular formula is C28H27N3O2. The van der Waals surface area contributed by atoms with Gasteiger partial charge in [-0.15, -0.1) is 0 Å². The third-order valence-electron chi connectivity index (χ3n) is 5.56. The summed E-state index contributed by atoms with van der Waals surface area (Å²) in [5, 5.41) is 3.01. The second-order valence-electron chi connectivity index (χ2n) is 8.18. The van der Waals surface area contributed by atoms with E-state index in [1.165, 1.54) is 0 Å². The third kappa shape index (κ3) is 5.63. The van der Waals surface area contributed by atoms with E-state index in [-0.39, 0.29) is 11.8 Å². The lowest BCUT2D eigenvalue weighted by molar-refractivity contribution is 0.102. The molecule has 4 rings (SSSR count). The van der Waals surface area contributed by atoms with Crippen LogP contribution in [0.25, 0.3) is 11.3 Å². The van der Waals surface area contributed by atoms with Crippen LogP contribution < -0.4 is 10.1 Å². The molecule has 1 atom stereocenters. The number of hydrogen-bond acceptors (Lipinski definition) is 4. The van der Waals surface area contributed by atoms with Gasteiger partial charge in [0.2, 0.25) is 0 Å². The van der Waals surface area contributed by atoms with Gasteiger partial charge in [0.15, 0.2) is 0 Å². The summed E-state index contributed by atoms with van der Waals surface area (Å²) in [5.41, 5.74) is 6.32. The van der Waals surface area contributed by atoms with Gasteiger partial charge in [-0.2, -0.15) is 0 Å². The van der Waals surface area contributed by atoms with Crippen molar-refractivity contribution in [1.82, 2.24) is 9.97 Å². The molecule has 0 saturated heterocycles. The van der Waals surface area contributed by atoms with Gasteiger partial charge in [0, 0.05) is 23.0 Å². The Hall–Kier alpha value is -3.99. The maximum atomic E-state index is 12.6. The molecular weight excluding hydrogens is 410 g/mol. The monoisotopic (exact) mass is 437 g/mol. The van der Waals surface area contributed by atoms with Crippen molar-refractivity contribution in [2.45, 2.75) is 26.2 Å². The van der Waals surface area contributed by atoms with Crippen LogP contribution in [0.3, 0.4) is 0 Å². The van der Waals surface area contributed by atoms with Crippen LogP contribution in [0.2, 0.25) is 0 Å². The fourth-order valence-corrected chi connectivity index (χ4v) is 3.77. The standard InChI is InChI=1S/C28H27N3O2/c1-19-7-4-10-23(13-19)28(32)31-24-11-5-8-21(15-24)20(2)14-25-17-29-18-27(30-25)22-9-6-12-26(16-22)33-3/h4-13,15-18,20H,14H2,1-3H3,(H,31,32)/t20-/m1/s1. The van der Waals surface area contributed by atoms with Crippen molar-refractivity contribution >= 4 is 11.6 Å². The van der Waals surface area contributed by atoms with Crippen LogP contribution in [0.1, 0.15) is 40.0 Å². The first-order valence-corrected chi connectivity index (χ1v) is 10.9. The molecule has 0 bridgehead atoms. The molecule has 33 heavy (non-hydrogen) atoms. The second-order valence-corrected chi connectivity index (χ2v) is 8.18. The van der Waals surface area contributed by atoms with E-state index >= 15 is 0 Å². The predicted octanol–water partition coefficient (Wildman–Crippen LogP) is 6.06. The molecule has 0 aliphatic rings. The number of aromatic nitrogens is 2. The number of hydrogen-bond donors (Lipinski definition) is 1. The van der Waals surface area contributed by atoms with Gasteiger partial charge in [-0.25, -0.2) is 4.98 Å². The lowest BCUT2D eigenvalue weighted by Crippen LogP contribution is -2.12. The molecule has 1 amide bonds. The Balaban J connectivity index is 1.48. The molecule has 1 aromatic heterocycles. The van der Waals surface area contributed by atoms with Gasteiger partial charge in [0.1, 0.15) is 5.75 Å². The summed E-state index contributed by atoms with van der Waals surface area (Å²) in [4.78, 5) is 21.8. The first kappa shape index (κ1) is 22.2. The Morgan fingerprint density at radius 3 is 2.64 bits per heavy atom. The number of nitrogens with one attached hydrogen (secondary N) is 1. The zero-order valence-corrected chi connectivity index (χ0v) is 19.1. The highest BCUT2D eigenvalue weighted by Crippen LogP contribution is 2.25. The van der Waals surface area contributed by atoms with E-state index in [1.54, 1.807) is 13.3 Å². The molecule has 1 heterocycles.